The number of carboxylic acids is 1. The highest BCUT2D eigenvalue weighted by Crippen LogP contribution is 2.34. The van der Waals surface area contributed by atoms with E-state index in [0.29, 0.717) is 22.8 Å². The zero-order valence-corrected chi connectivity index (χ0v) is 15.0. The van der Waals surface area contributed by atoms with Crippen molar-refractivity contribution in [1.82, 2.24) is 0 Å². The van der Waals surface area contributed by atoms with Gasteiger partial charge in [-0.2, -0.15) is 5.26 Å². The van der Waals surface area contributed by atoms with Gasteiger partial charge in [-0.1, -0.05) is 30.0 Å². The van der Waals surface area contributed by atoms with Gasteiger partial charge in [0.1, 0.15) is 18.6 Å². The third-order valence-corrected chi connectivity index (χ3v) is 5.54. The molecule has 134 valence electrons. The highest BCUT2D eigenvalue weighted by atomic mass is 32.2. The molecule has 1 fully saturated rings. The highest BCUT2D eigenvalue weighted by molar-refractivity contribution is 7.99. The molecule has 1 heterocycles. The maximum atomic E-state index is 11.0. The lowest BCUT2D eigenvalue weighted by atomic mass is 10.1. The first-order valence-corrected chi connectivity index (χ1v) is 9.13. The largest absolute Gasteiger partial charge is 0.544 e. The van der Waals surface area contributed by atoms with E-state index in [4.69, 9.17) is 14.7 Å². The summed E-state index contributed by atoms with van der Waals surface area (Å²) >= 11 is 1.56. The Morgan fingerprint density at radius 3 is 2.85 bits per heavy atom. The number of aliphatic carboxylic acids is 1. The normalized spacial score (nSPS) is 18.9. The number of thioether (sulfide) groups is 1. The third-order valence-electron chi connectivity index (χ3n) is 4.20. The van der Waals surface area contributed by atoms with Crippen LogP contribution in [-0.2, 0) is 11.4 Å². The second-order valence-corrected chi connectivity index (χ2v) is 7.01. The number of carbonyl (C=O) groups excluding carboxylic acids is 1. The number of carboxylic acid groups (broad SMARTS) is 1. The molecule has 2 aromatic rings. The van der Waals surface area contributed by atoms with Gasteiger partial charge in [0, 0.05) is 11.1 Å². The molecule has 0 radical (unpaired) electrons. The van der Waals surface area contributed by atoms with E-state index >= 15 is 0 Å². The zero-order chi connectivity index (χ0) is 18.5. The van der Waals surface area contributed by atoms with Crippen LogP contribution in [0, 0.1) is 11.3 Å². The van der Waals surface area contributed by atoms with E-state index in [1.54, 1.807) is 30.3 Å². The number of methoxy groups -OCH3 is 1. The fraction of sp³-hybridized carbons (Fsp3) is 0.263. The molecule has 0 amide bonds. The molecule has 1 aliphatic rings. The average Bonchev–Trinajstić information content (AvgIpc) is 3.17. The number of quaternary nitrogens is 1. The number of benzene rings is 2. The first-order valence-electron chi connectivity index (χ1n) is 8.08. The predicted molar refractivity (Wildman–Crippen MR) is 94.4 cm³/mol. The first-order chi connectivity index (χ1) is 12.6. The first kappa shape index (κ1) is 18.1. The molecule has 26 heavy (non-hydrogen) atoms. The van der Waals surface area contributed by atoms with Gasteiger partial charge in [0.2, 0.25) is 0 Å². The lowest BCUT2D eigenvalue weighted by molar-refractivity contribution is -0.690. The van der Waals surface area contributed by atoms with Crippen LogP contribution in [0.1, 0.15) is 22.1 Å². The van der Waals surface area contributed by atoms with Crippen LogP contribution in [0.5, 0.6) is 11.5 Å². The topological polar surface area (TPSA) is 99.0 Å². The van der Waals surface area contributed by atoms with E-state index in [-0.39, 0.29) is 12.0 Å². The standard InChI is InChI=1S/C19H18N2O4S/c1-24-17-8-12(18-21-15(11-26-18)19(22)23)6-7-16(17)25-10-14-5-3-2-4-13(14)9-20/h2-8,15,18,21H,10-11H2,1H3,(H,22,23)/t15-,18+/m0/s1. The molecule has 0 aliphatic carbocycles. The molecule has 6 nitrogen and oxygen atoms in total. The quantitative estimate of drug-likeness (QED) is 0.798. The summed E-state index contributed by atoms with van der Waals surface area (Å²) in [5, 5.41) is 21.9. The van der Waals surface area contributed by atoms with Crippen LogP contribution >= 0.6 is 11.8 Å². The Morgan fingerprint density at radius 1 is 1.35 bits per heavy atom. The van der Waals surface area contributed by atoms with Crippen LogP contribution in [-0.4, -0.2) is 24.9 Å². The molecule has 2 atom stereocenters. The molecule has 1 saturated heterocycles. The van der Waals surface area contributed by atoms with Gasteiger partial charge in [0.25, 0.3) is 0 Å². The van der Waals surface area contributed by atoms with Crippen LogP contribution < -0.4 is 19.9 Å². The Morgan fingerprint density at radius 2 is 2.15 bits per heavy atom. The lowest BCUT2D eigenvalue weighted by Crippen LogP contribution is -2.90. The van der Waals surface area contributed by atoms with E-state index in [0.717, 1.165) is 11.1 Å². The van der Waals surface area contributed by atoms with E-state index in [2.05, 4.69) is 6.07 Å². The smallest absolute Gasteiger partial charge is 0.161 e. The summed E-state index contributed by atoms with van der Waals surface area (Å²) in [5.74, 6) is 0.618. The number of nitrogens with zero attached hydrogens (tertiary/aromatic N) is 1. The summed E-state index contributed by atoms with van der Waals surface area (Å²) in [6.07, 6.45) is 0. The molecule has 7 heteroatoms. The Balaban J connectivity index is 1.73. The molecule has 0 aromatic heterocycles. The highest BCUT2D eigenvalue weighted by Gasteiger charge is 2.31. The van der Waals surface area contributed by atoms with Gasteiger partial charge in [-0.15, -0.1) is 0 Å². The summed E-state index contributed by atoms with van der Waals surface area (Å²) in [6, 6.07) is 14.5. The maximum absolute atomic E-state index is 11.0. The molecule has 0 spiro atoms. The minimum atomic E-state index is -1.04. The van der Waals surface area contributed by atoms with Crippen molar-refractivity contribution in [1.29, 1.82) is 5.26 Å². The van der Waals surface area contributed by atoms with Crippen molar-refractivity contribution in [2.24, 2.45) is 0 Å². The Hall–Kier alpha value is -2.69. The van der Waals surface area contributed by atoms with Crippen molar-refractivity contribution in [3.05, 3.63) is 59.2 Å². The fourth-order valence-electron chi connectivity index (χ4n) is 2.77. The van der Waals surface area contributed by atoms with Gasteiger partial charge in [0.05, 0.1) is 24.5 Å². The maximum Gasteiger partial charge on any atom is 0.161 e. The van der Waals surface area contributed by atoms with Gasteiger partial charge >= 0.3 is 0 Å². The number of carbonyl (C=O) groups is 1. The van der Waals surface area contributed by atoms with Gasteiger partial charge in [-0.3, -0.25) is 0 Å². The molecule has 0 saturated carbocycles. The summed E-state index contributed by atoms with van der Waals surface area (Å²) < 4.78 is 11.3. The number of hydrogen-bond donors (Lipinski definition) is 1. The molecule has 2 N–H and O–H groups in total. The van der Waals surface area contributed by atoms with E-state index < -0.39 is 12.0 Å². The van der Waals surface area contributed by atoms with E-state index in [9.17, 15) is 9.90 Å². The summed E-state index contributed by atoms with van der Waals surface area (Å²) in [6.45, 7) is 0.260. The van der Waals surface area contributed by atoms with Crippen LogP contribution in [0.25, 0.3) is 0 Å². The summed E-state index contributed by atoms with van der Waals surface area (Å²) in [4.78, 5) is 11.0. The number of hydrogen-bond acceptors (Lipinski definition) is 6. The van der Waals surface area contributed by atoms with Crippen LogP contribution in [0.3, 0.4) is 0 Å². The second-order valence-electron chi connectivity index (χ2n) is 5.84. The monoisotopic (exact) mass is 370 g/mol. The molecule has 0 bridgehead atoms. The Kier molecular flexibility index (Phi) is 5.66. The molecular formula is C19H18N2O4S. The summed E-state index contributed by atoms with van der Waals surface area (Å²) in [7, 11) is 1.56. The molecule has 0 unspecified atom stereocenters. The lowest BCUT2D eigenvalue weighted by Gasteiger charge is -2.15. The van der Waals surface area contributed by atoms with Gasteiger partial charge in [-0.05, 0) is 24.3 Å². The molecule has 1 aliphatic heterocycles. The van der Waals surface area contributed by atoms with E-state index in [1.807, 2.05) is 36.4 Å². The predicted octanol–water partition coefficient (Wildman–Crippen LogP) is 0.573. The van der Waals surface area contributed by atoms with Crippen molar-refractivity contribution in [2.75, 3.05) is 12.9 Å². The average molecular weight is 370 g/mol. The van der Waals surface area contributed by atoms with Crippen molar-refractivity contribution in [3.8, 4) is 17.6 Å². The molecule has 3 rings (SSSR count). The number of ether oxygens (including phenoxy) is 2. The van der Waals surface area contributed by atoms with Crippen LogP contribution in [0.4, 0.5) is 0 Å². The summed E-state index contributed by atoms with van der Waals surface area (Å²) in [5.41, 5.74) is 2.34. The third kappa shape index (κ3) is 3.93. The molecule has 2 aromatic carbocycles. The Labute approximate surface area is 155 Å². The SMILES string of the molecule is COc1cc([C@@H]2[NH2+][C@H](C(=O)[O-])CS2)ccc1OCc1ccccc1C#N. The minimum Gasteiger partial charge on any atom is -0.544 e. The van der Waals surface area contributed by atoms with Crippen molar-refractivity contribution >= 4 is 17.7 Å². The second kappa shape index (κ2) is 8.13. The van der Waals surface area contributed by atoms with Gasteiger partial charge in [-0.25, -0.2) is 0 Å². The van der Waals surface area contributed by atoms with Gasteiger partial charge < -0.3 is 24.7 Å². The zero-order valence-electron chi connectivity index (χ0n) is 14.2. The van der Waals surface area contributed by atoms with Crippen LogP contribution in [0.15, 0.2) is 42.5 Å². The Bertz CT molecular complexity index is 850. The number of nitriles is 1. The molecular weight excluding hydrogens is 352 g/mol. The number of nitrogens with two attached hydrogens (primary N) is 1. The van der Waals surface area contributed by atoms with Crippen molar-refractivity contribution in [2.45, 2.75) is 18.0 Å². The van der Waals surface area contributed by atoms with Crippen molar-refractivity contribution in [3.63, 3.8) is 0 Å². The van der Waals surface area contributed by atoms with Gasteiger partial charge in [0.15, 0.2) is 16.9 Å². The van der Waals surface area contributed by atoms with Crippen molar-refractivity contribution < 1.29 is 24.7 Å². The van der Waals surface area contributed by atoms with E-state index in [1.165, 1.54) is 0 Å². The fourth-order valence-corrected chi connectivity index (χ4v) is 4.08. The minimum absolute atomic E-state index is 0.0137. The van der Waals surface area contributed by atoms with Crippen LogP contribution in [0.2, 0.25) is 0 Å². The number of rotatable bonds is 6.